The Kier molecular flexibility index (Phi) is 5.12. The molecule has 1 saturated carbocycles. The summed E-state index contributed by atoms with van der Waals surface area (Å²) in [5.41, 5.74) is 3.81. The number of hydrogen-bond donors (Lipinski definition) is 1. The largest absolute Gasteiger partial charge is 0.369 e. The first-order valence-corrected chi connectivity index (χ1v) is 11.3. The number of halogens is 1. The third kappa shape index (κ3) is 4.22. The fourth-order valence-electron chi connectivity index (χ4n) is 4.93. The van der Waals surface area contributed by atoms with E-state index in [0.717, 1.165) is 80.5 Å². The number of nitrogens with one attached hydrogen (secondary N) is 1. The summed E-state index contributed by atoms with van der Waals surface area (Å²) in [6.07, 6.45) is 7.60. The smallest absolute Gasteiger partial charge is 0.254 e. The first kappa shape index (κ1) is 19.1. The van der Waals surface area contributed by atoms with Crippen LogP contribution < -0.4 is 10.5 Å². The van der Waals surface area contributed by atoms with Crippen LogP contribution in [0.25, 0.3) is 0 Å². The average molecular weight is 413 g/mol. The van der Waals surface area contributed by atoms with Crippen molar-refractivity contribution in [1.82, 2.24) is 14.9 Å². The third-order valence-corrected chi connectivity index (χ3v) is 7.22. The van der Waals surface area contributed by atoms with Crippen molar-refractivity contribution in [1.29, 1.82) is 0 Å². The van der Waals surface area contributed by atoms with E-state index in [4.69, 9.17) is 16.6 Å². The van der Waals surface area contributed by atoms with Crippen LogP contribution in [0.2, 0.25) is 5.02 Å². The molecule has 2 heterocycles. The van der Waals surface area contributed by atoms with E-state index in [1.54, 1.807) is 0 Å². The van der Waals surface area contributed by atoms with Crippen molar-refractivity contribution < 1.29 is 0 Å². The van der Waals surface area contributed by atoms with Crippen molar-refractivity contribution in [3.63, 3.8) is 0 Å². The van der Waals surface area contributed by atoms with Crippen molar-refractivity contribution in [2.75, 3.05) is 37.6 Å². The number of anilines is 1. The summed E-state index contributed by atoms with van der Waals surface area (Å²) in [5.74, 6) is 0.873. The Morgan fingerprint density at radius 1 is 1.14 bits per heavy atom. The molecule has 1 aromatic carbocycles. The molecule has 0 bridgehead atoms. The van der Waals surface area contributed by atoms with Gasteiger partial charge in [-0.2, -0.15) is 0 Å². The van der Waals surface area contributed by atoms with Gasteiger partial charge >= 0.3 is 0 Å². The number of aryl methyl sites for hydroxylation is 2. The number of aromatic nitrogens is 2. The van der Waals surface area contributed by atoms with Crippen LogP contribution in [0.4, 0.5) is 5.69 Å². The van der Waals surface area contributed by atoms with Gasteiger partial charge in [0.15, 0.2) is 0 Å². The molecule has 154 valence electrons. The molecule has 1 aliphatic heterocycles. The van der Waals surface area contributed by atoms with Gasteiger partial charge in [0.1, 0.15) is 5.82 Å². The van der Waals surface area contributed by atoms with Crippen LogP contribution in [-0.4, -0.2) is 47.6 Å². The number of hydrogen-bond acceptors (Lipinski definition) is 4. The lowest BCUT2D eigenvalue weighted by atomic mass is 9.84. The van der Waals surface area contributed by atoms with Crippen molar-refractivity contribution in [2.24, 2.45) is 5.41 Å². The van der Waals surface area contributed by atoms with Gasteiger partial charge in [-0.1, -0.05) is 17.7 Å². The van der Waals surface area contributed by atoms with E-state index in [1.807, 2.05) is 18.2 Å². The molecule has 1 spiro atoms. The van der Waals surface area contributed by atoms with Crippen molar-refractivity contribution >= 4 is 17.3 Å². The molecule has 5 nitrogen and oxygen atoms in total. The monoisotopic (exact) mass is 412 g/mol. The zero-order valence-electron chi connectivity index (χ0n) is 16.9. The van der Waals surface area contributed by atoms with Crippen molar-refractivity contribution in [3.05, 3.63) is 56.7 Å². The van der Waals surface area contributed by atoms with Gasteiger partial charge in [-0.25, -0.2) is 4.98 Å². The first-order valence-electron chi connectivity index (χ1n) is 10.9. The summed E-state index contributed by atoms with van der Waals surface area (Å²) in [6, 6.07) is 8.11. The van der Waals surface area contributed by atoms with Gasteiger partial charge in [-0.3, -0.25) is 9.69 Å². The molecular weight excluding hydrogens is 384 g/mol. The summed E-state index contributed by atoms with van der Waals surface area (Å²) in [5, 5.41) is 0.795. The second kappa shape index (κ2) is 7.77. The quantitative estimate of drug-likeness (QED) is 0.817. The van der Waals surface area contributed by atoms with Crippen LogP contribution in [0, 0.1) is 5.41 Å². The van der Waals surface area contributed by atoms with Crippen LogP contribution in [0.1, 0.15) is 42.8 Å². The highest BCUT2D eigenvalue weighted by molar-refractivity contribution is 6.30. The maximum Gasteiger partial charge on any atom is 0.254 e. The molecule has 2 aliphatic carbocycles. The summed E-state index contributed by atoms with van der Waals surface area (Å²) in [4.78, 5) is 25.3. The van der Waals surface area contributed by atoms with Crippen LogP contribution in [0.15, 0.2) is 29.1 Å². The molecule has 2 aromatic rings. The Bertz CT molecular complexity index is 944. The standard InChI is InChI=1S/C23H29ClN4O/c24-17-3-1-4-18(15-17)28-13-11-27(12-14-28)10-2-5-21-25-20-6-7-23(8-9-23)16-19(20)22(29)26-21/h1,3-4,15H,2,5-14,16H2,(H,25,26,29). The minimum absolute atomic E-state index is 0.117. The minimum atomic E-state index is 0.117. The van der Waals surface area contributed by atoms with Crippen LogP contribution in [-0.2, 0) is 19.3 Å². The molecule has 2 fully saturated rings. The van der Waals surface area contributed by atoms with Gasteiger partial charge in [0.25, 0.3) is 5.56 Å². The number of nitrogens with zero attached hydrogens (tertiary/aromatic N) is 3. The summed E-state index contributed by atoms with van der Waals surface area (Å²) >= 11 is 6.12. The summed E-state index contributed by atoms with van der Waals surface area (Å²) in [7, 11) is 0. The van der Waals surface area contributed by atoms with Crippen LogP contribution in [0.3, 0.4) is 0 Å². The van der Waals surface area contributed by atoms with Gasteiger partial charge < -0.3 is 9.88 Å². The van der Waals surface area contributed by atoms with E-state index in [1.165, 1.54) is 24.9 Å². The number of rotatable bonds is 5. The second-order valence-corrected chi connectivity index (χ2v) is 9.46. The second-order valence-electron chi connectivity index (χ2n) is 9.03. The third-order valence-electron chi connectivity index (χ3n) is 6.98. The molecule has 29 heavy (non-hydrogen) atoms. The summed E-state index contributed by atoms with van der Waals surface area (Å²) < 4.78 is 0. The highest BCUT2D eigenvalue weighted by atomic mass is 35.5. The minimum Gasteiger partial charge on any atom is -0.369 e. The summed E-state index contributed by atoms with van der Waals surface area (Å²) in [6.45, 7) is 5.21. The molecule has 5 rings (SSSR count). The number of benzene rings is 1. The lowest BCUT2D eigenvalue weighted by Gasteiger charge is -2.36. The van der Waals surface area contributed by atoms with E-state index in [-0.39, 0.29) is 5.56 Å². The predicted octanol–water partition coefficient (Wildman–Crippen LogP) is 3.45. The molecular formula is C23H29ClN4O. The Morgan fingerprint density at radius 2 is 1.97 bits per heavy atom. The Labute approximate surface area is 177 Å². The lowest BCUT2D eigenvalue weighted by molar-refractivity contribution is 0.254. The predicted molar refractivity (Wildman–Crippen MR) is 117 cm³/mol. The molecule has 1 saturated heterocycles. The van der Waals surface area contributed by atoms with Gasteiger partial charge in [0.2, 0.25) is 0 Å². The Hall–Kier alpha value is -1.85. The van der Waals surface area contributed by atoms with E-state index in [2.05, 4.69) is 20.9 Å². The molecule has 0 unspecified atom stereocenters. The molecule has 1 aromatic heterocycles. The van der Waals surface area contributed by atoms with Gasteiger partial charge in [-0.15, -0.1) is 0 Å². The van der Waals surface area contributed by atoms with E-state index in [9.17, 15) is 4.79 Å². The Morgan fingerprint density at radius 3 is 2.72 bits per heavy atom. The van der Waals surface area contributed by atoms with Gasteiger partial charge in [-0.05, 0) is 68.7 Å². The lowest BCUT2D eigenvalue weighted by Crippen LogP contribution is -2.46. The molecule has 6 heteroatoms. The molecule has 0 amide bonds. The van der Waals surface area contributed by atoms with Gasteiger partial charge in [0, 0.05) is 48.9 Å². The topological polar surface area (TPSA) is 52.2 Å². The molecule has 0 radical (unpaired) electrons. The molecule has 1 N–H and O–H groups in total. The first-order chi connectivity index (χ1) is 14.1. The van der Waals surface area contributed by atoms with E-state index >= 15 is 0 Å². The van der Waals surface area contributed by atoms with Crippen molar-refractivity contribution in [3.8, 4) is 0 Å². The molecule has 0 atom stereocenters. The zero-order valence-corrected chi connectivity index (χ0v) is 17.7. The fourth-order valence-corrected chi connectivity index (χ4v) is 5.11. The fraction of sp³-hybridized carbons (Fsp3) is 0.565. The van der Waals surface area contributed by atoms with Crippen LogP contribution in [0.5, 0.6) is 0 Å². The maximum atomic E-state index is 12.5. The Balaban J connectivity index is 1.12. The van der Waals surface area contributed by atoms with Crippen molar-refractivity contribution in [2.45, 2.75) is 44.9 Å². The van der Waals surface area contributed by atoms with E-state index < -0.39 is 0 Å². The molecule has 3 aliphatic rings. The number of aromatic amines is 1. The normalized spacial score (nSPS) is 20.7. The SMILES string of the molecule is O=c1[nH]c(CCCN2CCN(c3cccc(Cl)c3)CC2)nc2c1CC1(CC2)CC1. The zero-order chi connectivity index (χ0) is 19.8. The average Bonchev–Trinajstić information content (AvgIpc) is 3.48. The highest BCUT2D eigenvalue weighted by Gasteiger charge is 2.45. The number of piperazine rings is 1. The number of H-pyrrole nitrogens is 1. The number of fused-ring (bicyclic) bond motifs is 1. The van der Waals surface area contributed by atoms with E-state index in [0.29, 0.717) is 5.41 Å². The highest BCUT2D eigenvalue weighted by Crippen LogP contribution is 2.53. The van der Waals surface area contributed by atoms with Gasteiger partial charge in [0.05, 0.1) is 5.69 Å². The maximum absolute atomic E-state index is 12.5. The van der Waals surface area contributed by atoms with Crippen LogP contribution >= 0.6 is 11.6 Å².